The van der Waals surface area contributed by atoms with Gasteiger partial charge in [0.25, 0.3) is 0 Å². The van der Waals surface area contributed by atoms with Crippen LogP contribution in [0.2, 0.25) is 0 Å². The molecule has 2 heterocycles. The fourth-order valence-electron chi connectivity index (χ4n) is 3.11. The lowest BCUT2D eigenvalue weighted by molar-refractivity contribution is 0.506. The second-order valence-electron chi connectivity index (χ2n) is 5.95. The Balaban J connectivity index is 1.89. The molecule has 130 valence electrons. The first-order valence-electron chi connectivity index (χ1n) is 8.11. The van der Waals surface area contributed by atoms with Crippen molar-refractivity contribution in [2.24, 2.45) is 0 Å². The Bertz CT molecular complexity index is 1000. The Kier molecular flexibility index (Phi) is 4.26. The van der Waals surface area contributed by atoms with E-state index in [0.29, 0.717) is 35.5 Å². The molecule has 4 rings (SSSR count). The third kappa shape index (κ3) is 2.88. The molecule has 3 nitrogen and oxygen atoms in total. The van der Waals surface area contributed by atoms with Gasteiger partial charge >= 0.3 is 0 Å². The van der Waals surface area contributed by atoms with Gasteiger partial charge in [0, 0.05) is 30.4 Å². The SMILES string of the molecule is Fc1cc2c(cc1-c1cccnn1)CNCC=C2c1cccc(F)c1F. The zero-order valence-electron chi connectivity index (χ0n) is 13.6. The second-order valence-corrected chi connectivity index (χ2v) is 5.95. The molecule has 0 atom stereocenters. The minimum atomic E-state index is -0.940. The third-order valence-electron chi connectivity index (χ3n) is 4.34. The zero-order chi connectivity index (χ0) is 18.1. The van der Waals surface area contributed by atoms with Gasteiger partial charge in [0.15, 0.2) is 11.6 Å². The monoisotopic (exact) mass is 353 g/mol. The van der Waals surface area contributed by atoms with Crippen molar-refractivity contribution in [2.45, 2.75) is 6.54 Å². The molecular weight excluding hydrogens is 339 g/mol. The zero-order valence-corrected chi connectivity index (χ0v) is 13.6. The Morgan fingerprint density at radius 3 is 2.58 bits per heavy atom. The number of nitrogens with one attached hydrogen (secondary N) is 1. The second kappa shape index (κ2) is 6.72. The number of fused-ring (bicyclic) bond motifs is 1. The first-order valence-corrected chi connectivity index (χ1v) is 8.11. The molecule has 0 saturated heterocycles. The number of benzene rings is 2. The molecular formula is C20H14F3N3. The maximum absolute atomic E-state index is 14.8. The largest absolute Gasteiger partial charge is 0.309 e. The van der Waals surface area contributed by atoms with Gasteiger partial charge in [0.2, 0.25) is 0 Å². The standard InChI is InChI=1S/C20H14F3N3/c21-17-4-1-3-14(20(17)23)13-6-8-24-11-12-9-16(18(22)10-15(12)13)19-5-2-7-25-26-19/h1-7,9-10,24H,8,11H2. The summed E-state index contributed by atoms with van der Waals surface area (Å²) in [4.78, 5) is 0. The van der Waals surface area contributed by atoms with Crippen LogP contribution in [-0.4, -0.2) is 16.7 Å². The summed E-state index contributed by atoms with van der Waals surface area (Å²) in [5, 5.41) is 10.9. The highest BCUT2D eigenvalue weighted by atomic mass is 19.2. The van der Waals surface area contributed by atoms with Crippen LogP contribution in [0.5, 0.6) is 0 Å². The van der Waals surface area contributed by atoms with Crippen molar-refractivity contribution in [2.75, 3.05) is 6.54 Å². The van der Waals surface area contributed by atoms with Crippen LogP contribution in [0.1, 0.15) is 16.7 Å². The van der Waals surface area contributed by atoms with E-state index in [1.165, 1.54) is 24.4 Å². The highest BCUT2D eigenvalue weighted by molar-refractivity contribution is 5.83. The Hall–Kier alpha value is -2.99. The topological polar surface area (TPSA) is 37.8 Å². The maximum atomic E-state index is 14.8. The van der Waals surface area contributed by atoms with Crippen molar-refractivity contribution in [3.05, 3.63) is 88.9 Å². The number of aromatic nitrogens is 2. The van der Waals surface area contributed by atoms with E-state index in [4.69, 9.17) is 0 Å². The molecule has 3 aromatic rings. The molecule has 0 fully saturated rings. The van der Waals surface area contributed by atoms with E-state index in [-0.39, 0.29) is 5.56 Å². The summed E-state index contributed by atoms with van der Waals surface area (Å²) in [5.41, 5.74) is 2.62. The van der Waals surface area contributed by atoms with Gasteiger partial charge in [-0.2, -0.15) is 10.2 Å². The maximum Gasteiger partial charge on any atom is 0.166 e. The summed E-state index contributed by atoms with van der Waals surface area (Å²) in [6.45, 7) is 0.932. The normalized spacial score (nSPS) is 13.7. The van der Waals surface area contributed by atoms with E-state index in [0.717, 1.165) is 11.6 Å². The highest BCUT2D eigenvalue weighted by Crippen LogP contribution is 2.34. The Labute approximate surface area is 148 Å². The van der Waals surface area contributed by atoms with Crippen molar-refractivity contribution in [1.29, 1.82) is 0 Å². The smallest absolute Gasteiger partial charge is 0.166 e. The quantitative estimate of drug-likeness (QED) is 0.754. The molecule has 2 aromatic carbocycles. The molecule has 0 saturated carbocycles. The summed E-state index contributed by atoms with van der Waals surface area (Å²) >= 11 is 0. The molecule has 0 spiro atoms. The lowest BCUT2D eigenvalue weighted by Gasteiger charge is -2.14. The van der Waals surface area contributed by atoms with E-state index in [2.05, 4.69) is 15.5 Å². The minimum absolute atomic E-state index is 0.113. The summed E-state index contributed by atoms with van der Waals surface area (Å²) < 4.78 is 42.8. The van der Waals surface area contributed by atoms with Gasteiger partial charge in [-0.25, -0.2) is 13.2 Å². The number of halogens is 3. The molecule has 6 heteroatoms. The van der Waals surface area contributed by atoms with Gasteiger partial charge in [-0.1, -0.05) is 18.2 Å². The van der Waals surface area contributed by atoms with Crippen LogP contribution in [0.4, 0.5) is 13.2 Å². The van der Waals surface area contributed by atoms with Crippen molar-refractivity contribution in [1.82, 2.24) is 15.5 Å². The van der Waals surface area contributed by atoms with Crippen LogP contribution in [0.25, 0.3) is 16.8 Å². The van der Waals surface area contributed by atoms with Crippen LogP contribution in [-0.2, 0) is 6.54 Å². The van der Waals surface area contributed by atoms with E-state index in [1.807, 2.05) is 0 Å². The van der Waals surface area contributed by atoms with Crippen molar-refractivity contribution < 1.29 is 13.2 Å². The van der Waals surface area contributed by atoms with E-state index < -0.39 is 17.5 Å². The molecule has 1 N–H and O–H groups in total. The van der Waals surface area contributed by atoms with Gasteiger partial charge in [-0.05, 0) is 47.0 Å². The van der Waals surface area contributed by atoms with Gasteiger partial charge in [0.1, 0.15) is 5.82 Å². The molecule has 1 aliphatic heterocycles. The predicted octanol–water partition coefficient (Wildman–Crippen LogP) is 4.10. The van der Waals surface area contributed by atoms with Gasteiger partial charge in [0.05, 0.1) is 5.69 Å². The van der Waals surface area contributed by atoms with E-state index >= 15 is 0 Å². The summed E-state index contributed by atoms with van der Waals surface area (Å²) in [5.74, 6) is -2.36. The average molecular weight is 353 g/mol. The molecule has 26 heavy (non-hydrogen) atoms. The van der Waals surface area contributed by atoms with Gasteiger partial charge in [-0.3, -0.25) is 0 Å². The van der Waals surface area contributed by atoms with Crippen LogP contribution in [0, 0.1) is 17.5 Å². The first-order chi connectivity index (χ1) is 12.6. The van der Waals surface area contributed by atoms with Gasteiger partial charge in [-0.15, -0.1) is 0 Å². The lowest BCUT2D eigenvalue weighted by atomic mass is 9.91. The summed E-state index contributed by atoms with van der Waals surface area (Å²) in [6, 6.07) is 10.4. The Morgan fingerprint density at radius 1 is 0.885 bits per heavy atom. The van der Waals surface area contributed by atoms with Crippen LogP contribution in [0.3, 0.4) is 0 Å². The molecule has 0 radical (unpaired) electrons. The summed E-state index contributed by atoms with van der Waals surface area (Å²) in [6.07, 6.45) is 3.26. The third-order valence-corrected chi connectivity index (χ3v) is 4.34. The van der Waals surface area contributed by atoms with E-state index in [9.17, 15) is 13.2 Å². The molecule has 1 aromatic heterocycles. The molecule has 0 bridgehead atoms. The fourth-order valence-corrected chi connectivity index (χ4v) is 3.11. The lowest BCUT2D eigenvalue weighted by Crippen LogP contribution is -2.11. The van der Waals surface area contributed by atoms with Crippen molar-refractivity contribution >= 4 is 5.57 Å². The molecule has 1 aliphatic rings. The van der Waals surface area contributed by atoms with Gasteiger partial charge < -0.3 is 5.32 Å². The number of hydrogen-bond donors (Lipinski definition) is 1. The first kappa shape index (κ1) is 16.5. The average Bonchev–Trinajstić information content (AvgIpc) is 2.86. The molecule has 0 amide bonds. The highest BCUT2D eigenvalue weighted by Gasteiger charge is 2.21. The summed E-state index contributed by atoms with van der Waals surface area (Å²) in [7, 11) is 0. The van der Waals surface area contributed by atoms with Crippen molar-refractivity contribution in [3.8, 4) is 11.3 Å². The number of rotatable bonds is 2. The van der Waals surface area contributed by atoms with Crippen LogP contribution < -0.4 is 5.32 Å². The minimum Gasteiger partial charge on any atom is -0.309 e. The van der Waals surface area contributed by atoms with Crippen LogP contribution >= 0.6 is 0 Å². The van der Waals surface area contributed by atoms with E-state index in [1.54, 1.807) is 24.3 Å². The molecule has 0 unspecified atom stereocenters. The molecule has 0 aliphatic carbocycles. The van der Waals surface area contributed by atoms with Crippen LogP contribution in [0.15, 0.2) is 54.7 Å². The fraction of sp³-hybridized carbons (Fsp3) is 0.100. The predicted molar refractivity (Wildman–Crippen MR) is 92.6 cm³/mol. The number of hydrogen-bond acceptors (Lipinski definition) is 3. The van der Waals surface area contributed by atoms with Crippen molar-refractivity contribution in [3.63, 3.8) is 0 Å². The Morgan fingerprint density at radius 2 is 1.77 bits per heavy atom. The number of nitrogens with zero attached hydrogens (tertiary/aromatic N) is 2.